The average Bonchev–Trinajstić information content (AvgIpc) is 3.82. The van der Waals surface area contributed by atoms with Gasteiger partial charge in [-0.2, -0.15) is 0 Å². The highest BCUT2D eigenvalue weighted by Crippen LogP contribution is 2.58. The first kappa shape index (κ1) is 34.9. The molecule has 8 fully saturated rings. The fourth-order valence-electron chi connectivity index (χ4n) is 14.7. The van der Waals surface area contributed by atoms with Crippen LogP contribution in [0.3, 0.4) is 0 Å². The quantitative estimate of drug-likeness (QED) is 0.291. The zero-order valence-electron chi connectivity index (χ0n) is 33.5. The van der Waals surface area contributed by atoms with Gasteiger partial charge < -0.3 is 0 Å². The number of hydrogen-bond acceptors (Lipinski definition) is 4. The van der Waals surface area contributed by atoms with Crippen LogP contribution in [0.15, 0.2) is 0 Å². The summed E-state index contributed by atoms with van der Waals surface area (Å²) >= 11 is 0. The second-order valence-corrected chi connectivity index (χ2v) is 22.6. The van der Waals surface area contributed by atoms with Crippen molar-refractivity contribution in [3.8, 4) is 0 Å². The molecule has 0 radical (unpaired) electrons. The minimum absolute atomic E-state index is 0.213. The Morgan fingerprint density at radius 2 is 1.10 bits per heavy atom. The van der Waals surface area contributed by atoms with E-state index in [9.17, 15) is 0 Å². The van der Waals surface area contributed by atoms with Gasteiger partial charge in [0.1, 0.15) is 0 Å². The number of nitrogens with zero attached hydrogens (tertiary/aromatic N) is 4. The molecule has 1 spiro atoms. The lowest BCUT2D eigenvalue weighted by molar-refractivity contribution is -0.0393. The van der Waals surface area contributed by atoms with Gasteiger partial charge in [0.2, 0.25) is 0 Å². The van der Waals surface area contributed by atoms with E-state index in [1.54, 1.807) is 0 Å². The molecule has 48 heavy (non-hydrogen) atoms. The first-order valence-corrected chi connectivity index (χ1v) is 21.5. The second-order valence-electron chi connectivity index (χ2n) is 22.6. The molecule has 0 amide bonds. The highest BCUT2D eigenvalue weighted by Gasteiger charge is 2.59. The summed E-state index contributed by atoms with van der Waals surface area (Å²) < 4.78 is 0. The molecule has 10 atom stereocenters. The van der Waals surface area contributed by atoms with Gasteiger partial charge in [-0.3, -0.25) is 19.6 Å². The molecule has 8 aliphatic rings. The topological polar surface area (TPSA) is 13.0 Å². The maximum Gasteiger partial charge on any atom is 0.0334 e. The predicted octanol–water partition coefficient (Wildman–Crippen LogP) is 9.32. The van der Waals surface area contributed by atoms with E-state index < -0.39 is 0 Å². The third-order valence-corrected chi connectivity index (χ3v) is 17.9. The molecule has 0 bridgehead atoms. The van der Waals surface area contributed by atoms with E-state index in [-0.39, 0.29) is 16.6 Å². The summed E-state index contributed by atoms with van der Waals surface area (Å²) in [5, 5.41) is 0. The summed E-state index contributed by atoms with van der Waals surface area (Å²) in [5.74, 6) is 6.56. The first-order valence-electron chi connectivity index (χ1n) is 21.5. The van der Waals surface area contributed by atoms with Gasteiger partial charge in [-0.05, 0) is 193 Å². The van der Waals surface area contributed by atoms with Gasteiger partial charge in [-0.25, -0.2) is 0 Å². The molecule has 4 saturated carbocycles. The van der Waals surface area contributed by atoms with E-state index in [4.69, 9.17) is 0 Å². The van der Waals surface area contributed by atoms with E-state index >= 15 is 0 Å². The molecule has 0 aromatic carbocycles. The first-order chi connectivity index (χ1) is 22.5. The molecular formula is C44H78N4. The average molecular weight is 663 g/mol. The van der Waals surface area contributed by atoms with E-state index in [2.05, 4.69) is 88.8 Å². The van der Waals surface area contributed by atoms with E-state index in [1.165, 1.54) is 123 Å². The SMILES string of the molecule is CC(C)(C)N1CC2(CCCC2)CC1C1CCC2C(C3CC4CCN(C(C)(C)C(C)(C)N5CC6CCCC6C5)C4C3)CN(C(C)(C)C)C2C1. The number of likely N-dealkylation sites (tertiary alicyclic amines) is 4. The molecule has 4 nitrogen and oxygen atoms in total. The van der Waals surface area contributed by atoms with Crippen LogP contribution in [0.4, 0.5) is 0 Å². The minimum Gasteiger partial charge on any atom is -0.296 e. The van der Waals surface area contributed by atoms with E-state index in [1.807, 2.05) is 0 Å². The van der Waals surface area contributed by atoms with Crippen molar-refractivity contribution in [1.29, 1.82) is 0 Å². The third-order valence-electron chi connectivity index (χ3n) is 17.9. The van der Waals surface area contributed by atoms with Gasteiger partial charge in [0.15, 0.2) is 0 Å². The standard InChI is InChI=1S/C44H78N4/c1-40(2,3)47-28-36(35-17-16-30(23-38(35)47)39-25-44(19-11-12-20-44)29-48(39)41(4,5)6)34-22-31-18-21-46(37(31)24-34)43(9,10)42(7,8)45-26-32-14-13-15-33(32)27-45/h30-39H,11-29H2,1-10H3. The van der Waals surface area contributed by atoms with Crippen LogP contribution in [0.25, 0.3) is 0 Å². The molecule has 10 unspecified atom stereocenters. The molecule has 4 heterocycles. The molecule has 0 aromatic rings. The van der Waals surface area contributed by atoms with Crippen LogP contribution < -0.4 is 0 Å². The molecule has 8 rings (SSSR count). The molecule has 0 aromatic heterocycles. The van der Waals surface area contributed by atoms with E-state index in [0.29, 0.717) is 11.0 Å². The molecule has 4 aliphatic heterocycles. The van der Waals surface area contributed by atoms with Crippen LogP contribution in [0.1, 0.15) is 159 Å². The summed E-state index contributed by atoms with van der Waals surface area (Å²) in [5.41, 5.74) is 1.64. The Balaban J connectivity index is 0.978. The highest BCUT2D eigenvalue weighted by atomic mass is 15.3. The maximum atomic E-state index is 3.08. The number of hydrogen-bond donors (Lipinski definition) is 0. The Hall–Kier alpha value is -0.160. The lowest BCUT2D eigenvalue weighted by atomic mass is 9.68. The van der Waals surface area contributed by atoms with Crippen molar-refractivity contribution >= 4 is 0 Å². The van der Waals surface area contributed by atoms with Gasteiger partial charge in [0.05, 0.1) is 0 Å². The van der Waals surface area contributed by atoms with Gasteiger partial charge >= 0.3 is 0 Å². The largest absolute Gasteiger partial charge is 0.296 e. The van der Waals surface area contributed by atoms with Crippen molar-refractivity contribution in [1.82, 2.24) is 19.6 Å². The summed E-state index contributed by atoms with van der Waals surface area (Å²) in [6, 6.07) is 2.42. The summed E-state index contributed by atoms with van der Waals surface area (Å²) in [6.07, 6.45) is 20.8. The number of rotatable bonds is 5. The summed E-state index contributed by atoms with van der Waals surface area (Å²) in [6.45, 7) is 32.5. The third kappa shape index (κ3) is 5.64. The molecule has 274 valence electrons. The lowest BCUT2D eigenvalue weighted by Gasteiger charge is -2.54. The van der Waals surface area contributed by atoms with Gasteiger partial charge in [0, 0.05) is 66.5 Å². The van der Waals surface area contributed by atoms with Crippen LogP contribution in [0.2, 0.25) is 0 Å². The van der Waals surface area contributed by atoms with Crippen molar-refractivity contribution in [3.05, 3.63) is 0 Å². The van der Waals surface area contributed by atoms with Crippen LogP contribution in [-0.2, 0) is 0 Å². The minimum atomic E-state index is 0.213. The van der Waals surface area contributed by atoms with Crippen molar-refractivity contribution in [2.24, 2.45) is 46.8 Å². The molecular weight excluding hydrogens is 585 g/mol. The smallest absolute Gasteiger partial charge is 0.0334 e. The second kappa shape index (κ2) is 11.9. The Morgan fingerprint density at radius 3 is 1.75 bits per heavy atom. The maximum absolute atomic E-state index is 3.08. The van der Waals surface area contributed by atoms with Crippen molar-refractivity contribution < 1.29 is 0 Å². The highest BCUT2D eigenvalue weighted by molar-refractivity contribution is 5.14. The Labute approximate surface area is 297 Å². The number of fused-ring (bicyclic) bond motifs is 3. The van der Waals surface area contributed by atoms with E-state index in [0.717, 1.165) is 59.6 Å². The van der Waals surface area contributed by atoms with Gasteiger partial charge in [-0.15, -0.1) is 0 Å². The van der Waals surface area contributed by atoms with Crippen molar-refractivity contribution in [2.75, 3.05) is 32.7 Å². The molecule has 4 aliphatic carbocycles. The van der Waals surface area contributed by atoms with Crippen molar-refractivity contribution in [2.45, 2.75) is 199 Å². The summed E-state index contributed by atoms with van der Waals surface area (Å²) in [4.78, 5) is 12.1. The van der Waals surface area contributed by atoms with Gasteiger partial charge in [0.25, 0.3) is 0 Å². The van der Waals surface area contributed by atoms with Gasteiger partial charge in [-0.1, -0.05) is 19.3 Å². The van der Waals surface area contributed by atoms with Crippen LogP contribution in [-0.4, -0.2) is 92.6 Å². The molecule has 4 heteroatoms. The Morgan fingerprint density at radius 1 is 0.479 bits per heavy atom. The molecule has 0 N–H and O–H groups in total. The van der Waals surface area contributed by atoms with Crippen LogP contribution >= 0.6 is 0 Å². The zero-order chi connectivity index (χ0) is 34.0. The Bertz CT molecular complexity index is 1160. The monoisotopic (exact) mass is 663 g/mol. The van der Waals surface area contributed by atoms with Crippen LogP contribution in [0, 0.1) is 46.8 Å². The lowest BCUT2D eigenvalue weighted by Crippen LogP contribution is -2.66. The predicted molar refractivity (Wildman–Crippen MR) is 202 cm³/mol. The van der Waals surface area contributed by atoms with Crippen molar-refractivity contribution in [3.63, 3.8) is 0 Å². The fourth-order valence-corrected chi connectivity index (χ4v) is 14.7. The normalized spacial score (nSPS) is 43.1. The Kier molecular flexibility index (Phi) is 8.67. The van der Waals surface area contributed by atoms with Crippen LogP contribution in [0.5, 0.6) is 0 Å². The summed E-state index contributed by atoms with van der Waals surface area (Å²) in [7, 11) is 0. The zero-order valence-corrected chi connectivity index (χ0v) is 33.5. The molecule has 4 saturated heterocycles. The fraction of sp³-hybridized carbons (Fsp3) is 1.00.